The molecule has 112 valence electrons. The molecule has 0 radical (unpaired) electrons. The first kappa shape index (κ1) is 16.5. The van der Waals surface area contributed by atoms with Crippen LogP contribution in [0.2, 0.25) is 0 Å². The lowest BCUT2D eigenvalue weighted by Gasteiger charge is -2.19. The first-order valence-corrected chi connectivity index (χ1v) is 8.69. The fourth-order valence-corrected chi connectivity index (χ4v) is 3.24. The highest BCUT2D eigenvalue weighted by Crippen LogP contribution is 2.30. The van der Waals surface area contributed by atoms with E-state index in [0.717, 1.165) is 15.5 Å². The fraction of sp³-hybridized carbons (Fsp3) is 0.412. The lowest BCUT2D eigenvalue weighted by molar-refractivity contribution is 0.590. The van der Waals surface area contributed by atoms with E-state index in [2.05, 4.69) is 84.8 Å². The van der Waals surface area contributed by atoms with E-state index in [1.807, 2.05) is 6.07 Å². The summed E-state index contributed by atoms with van der Waals surface area (Å²) in [4.78, 5) is 10.2. The van der Waals surface area contributed by atoms with E-state index >= 15 is 0 Å². The van der Waals surface area contributed by atoms with Crippen LogP contribution in [0.3, 0.4) is 0 Å². The Kier molecular flexibility index (Phi) is 5.10. The molecule has 2 nitrogen and oxygen atoms in total. The maximum atomic E-state index is 4.62. The molecule has 1 aromatic heterocycles. The van der Waals surface area contributed by atoms with Gasteiger partial charge in [0.05, 0.1) is 0 Å². The van der Waals surface area contributed by atoms with E-state index < -0.39 is 0 Å². The number of hydrogen-bond donors (Lipinski definition) is 0. The standard InChI is InChI=1S/C17H21BrN2S/c1-11(2)16-19-14(18)10-15(20-16)21-13-8-6-12(7-9-13)17(3,4)5/h6-11H,1-5H3. The number of rotatable bonds is 3. The molecule has 0 saturated heterocycles. The van der Waals surface area contributed by atoms with Crippen LogP contribution in [0.5, 0.6) is 0 Å². The molecule has 2 aromatic rings. The minimum absolute atomic E-state index is 0.186. The average Bonchev–Trinajstić information content (AvgIpc) is 2.37. The first-order valence-electron chi connectivity index (χ1n) is 7.08. The molecule has 0 spiro atoms. The van der Waals surface area contributed by atoms with E-state index in [4.69, 9.17) is 0 Å². The molecule has 2 rings (SSSR count). The molecular formula is C17H21BrN2S. The van der Waals surface area contributed by atoms with Gasteiger partial charge in [0, 0.05) is 16.9 Å². The highest BCUT2D eigenvalue weighted by molar-refractivity contribution is 9.10. The van der Waals surface area contributed by atoms with Gasteiger partial charge in [0.25, 0.3) is 0 Å². The van der Waals surface area contributed by atoms with Gasteiger partial charge in [0.1, 0.15) is 15.5 Å². The summed E-state index contributed by atoms with van der Waals surface area (Å²) < 4.78 is 0.843. The molecule has 0 N–H and O–H groups in total. The minimum atomic E-state index is 0.186. The minimum Gasteiger partial charge on any atom is -0.226 e. The largest absolute Gasteiger partial charge is 0.226 e. The molecule has 0 unspecified atom stereocenters. The Morgan fingerprint density at radius 1 is 1.05 bits per heavy atom. The molecule has 0 bridgehead atoms. The Balaban J connectivity index is 2.22. The predicted octanol–water partition coefficient (Wildman–Crippen LogP) is 5.81. The number of aromatic nitrogens is 2. The van der Waals surface area contributed by atoms with Gasteiger partial charge in [0.15, 0.2) is 0 Å². The van der Waals surface area contributed by atoms with Gasteiger partial charge in [-0.1, -0.05) is 58.5 Å². The summed E-state index contributed by atoms with van der Waals surface area (Å²) in [7, 11) is 0. The molecular weight excluding hydrogens is 344 g/mol. The van der Waals surface area contributed by atoms with Crippen LogP contribution in [0.25, 0.3) is 0 Å². The SMILES string of the molecule is CC(C)c1nc(Br)cc(Sc2ccc(C(C)(C)C)cc2)n1. The Labute approximate surface area is 139 Å². The van der Waals surface area contributed by atoms with Crippen LogP contribution in [0.1, 0.15) is 51.9 Å². The van der Waals surface area contributed by atoms with Gasteiger partial charge in [-0.05, 0) is 39.0 Å². The second-order valence-corrected chi connectivity index (χ2v) is 8.32. The molecule has 1 aromatic carbocycles. The fourth-order valence-electron chi connectivity index (χ4n) is 1.87. The van der Waals surface area contributed by atoms with Crippen molar-refractivity contribution in [2.45, 2.75) is 55.9 Å². The van der Waals surface area contributed by atoms with Crippen LogP contribution in [0, 0.1) is 0 Å². The second kappa shape index (κ2) is 6.49. The van der Waals surface area contributed by atoms with Crippen molar-refractivity contribution >= 4 is 27.7 Å². The van der Waals surface area contributed by atoms with Gasteiger partial charge >= 0.3 is 0 Å². The zero-order valence-electron chi connectivity index (χ0n) is 13.1. The van der Waals surface area contributed by atoms with Crippen molar-refractivity contribution in [1.29, 1.82) is 0 Å². The van der Waals surface area contributed by atoms with Gasteiger partial charge < -0.3 is 0 Å². The molecule has 0 aliphatic heterocycles. The molecule has 0 saturated carbocycles. The third-order valence-electron chi connectivity index (χ3n) is 3.15. The van der Waals surface area contributed by atoms with Crippen molar-refractivity contribution in [3.8, 4) is 0 Å². The molecule has 0 aliphatic rings. The van der Waals surface area contributed by atoms with Crippen LogP contribution in [0.15, 0.2) is 44.9 Å². The Morgan fingerprint density at radius 2 is 1.67 bits per heavy atom. The molecule has 21 heavy (non-hydrogen) atoms. The van der Waals surface area contributed by atoms with Crippen LogP contribution >= 0.6 is 27.7 Å². The number of benzene rings is 1. The highest BCUT2D eigenvalue weighted by Gasteiger charge is 2.13. The normalized spacial score (nSPS) is 12.0. The van der Waals surface area contributed by atoms with E-state index in [0.29, 0.717) is 5.92 Å². The van der Waals surface area contributed by atoms with Crippen molar-refractivity contribution in [3.63, 3.8) is 0 Å². The van der Waals surface area contributed by atoms with Gasteiger partial charge in [-0.15, -0.1) is 0 Å². The maximum absolute atomic E-state index is 4.62. The van der Waals surface area contributed by atoms with Crippen molar-refractivity contribution in [1.82, 2.24) is 9.97 Å². The van der Waals surface area contributed by atoms with E-state index in [1.54, 1.807) is 11.8 Å². The van der Waals surface area contributed by atoms with Gasteiger partial charge in [-0.2, -0.15) is 0 Å². The number of halogens is 1. The molecule has 0 aliphatic carbocycles. The third-order valence-corrected chi connectivity index (χ3v) is 4.48. The molecule has 4 heteroatoms. The van der Waals surface area contributed by atoms with Crippen LogP contribution in [0.4, 0.5) is 0 Å². The average molecular weight is 365 g/mol. The number of hydrogen-bond acceptors (Lipinski definition) is 3. The summed E-state index contributed by atoms with van der Waals surface area (Å²) in [5.74, 6) is 1.20. The predicted molar refractivity (Wildman–Crippen MR) is 93.1 cm³/mol. The van der Waals surface area contributed by atoms with Crippen molar-refractivity contribution < 1.29 is 0 Å². The van der Waals surface area contributed by atoms with Crippen LogP contribution in [-0.4, -0.2) is 9.97 Å². The maximum Gasteiger partial charge on any atom is 0.133 e. The third kappa shape index (κ3) is 4.55. The monoisotopic (exact) mass is 364 g/mol. The van der Waals surface area contributed by atoms with Crippen LogP contribution < -0.4 is 0 Å². The molecule has 0 fully saturated rings. The lowest BCUT2D eigenvalue weighted by Crippen LogP contribution is -2.10. The summed E-state index contributed by atoms with van der Waals surface area (Å²) in [6.07, 6.45) is 0. The van der Waals surface area contributed by atoms with Gasteiger partial charge in [-0.3, -0.25) is 0 Å². The smallest absolute Gasteiger partial charge is 0.133 e. The quantitative estimate of drug-likeness (QED) is 0.642. The van der Waals surface area contributed by atoms with Crippen molar-refractivity contribution in [3.05, 3.63) is 46.3 Å². The Bertz CT molecular complexity index is 616. The van der Waals surface area contributed by atoms with Gasteiger partial charge in [-0.25, -0.2) is 9.97 Å². The zero-order valence-corrected chi connectivity index (χ0v) is 15.5. The van der Waals surface area contributed by atoms with Crippen molar-refractivity contribution in [2.24, 2.45) is 0 Å². The second-order valence-electron chi connectivity index (χ2n) is 6.42. The summed E-state index contributed by atoms with van der Waals surface area (Å²) in [6.45, 7) is 10.9. The topological polar surface area (TPSA) is 25.8 Å². The zero-order chi connectivity index (χ0) is 15.6. The van der Waals surface area contributed by atoms with Crippen molar-refractivity contribution in [2.75, 3.05) is 0 Å². The number of nitrogens with zero attached hydrogens (tertiary/aromatic N) is 2. The molecule has 0 amide bonds. The summed E-state index contributed by atoms with van der Waals surface area (Å²) >= 11 is 5.14. The van der Waals surface area contributed by atoms with Crippen LogP contribution in [-0.2, 0) is 5.41 Å². The van der Waals surface area contributed by atoms with E-state index in [9.17, 15) is 0 Å². The highest BCUT2D eigenvalue weighted by atomic mass is 79.9. The summed E-state index contributed by atoms with van der Waals surface area (Å²) in [5, 5.41) is 0.976. The Morgan fingerprint density at radius 3 is 2.19 bits per heavy atom. The first-order chi connectivity index (χ1) is 9.75. The Hall–Kier alpha value is -0.870. The molecule has 0 atom stereocenters. The van der Waals surface area contributed by atoms with E-state index in [-0.39, 0.29) is 5.41 Å². The lowest BCUT2D eigenvalue weighted by atomic mass is 9.87. The summed E-state index contributed by atoms with van der Waals surface area (Å²) in [5.41, 5.74) is 1.53. The van der Waals surface area contributed by atoms with Gasteiger partial charge in [0.2, 0.25) is 0 Å². The summed E-state index contributed by atoms with van der Waals surface area (Å²) in [6, 6.07) is 10.7. The van der Waals surface area contributed by atoms with E-state index in [1.165, 1.54) is 10.5 Å². The molecule has 1 heterocycles.